The van der Waals surface area contributed by atoms with Gasteiger partial charge in [0.15, 0.2) is 0 Å². The van der Waals surface area contributed by atoms with Crippen LogP contribution >= 0.6 is 15.9 Å². The average molecular weight is 307 g/mol. The second-order valence-electron chi connectivity index (χ2n) is 4.77. The number of carbonyl (C=O) groups excluding carboxylic acids is 1. The Hall–Kier alpha value is -1.29. The first-order valence-electron chi connectivity index (χ1n) is 6.21. The number of nitrogens with one attached hydrogen (secondary N) is 1. The number of benzene rings is 1. The molecule has 4 heteroatoms. The normalized spacial score (nSPS) is 19.9. The van der Waals surface area contributed by atoms with Gasteiger partial charge in [-0.25, -0.2) is 0 Å². The molecule has 18 heavy (non-hydrogen) atoms. The van der Waals surface area contributed by atoms with Crippen molar-refractivity contribution in [2.75, 3.05) is 13.1 Å². The van der Waals surface area contributed by atoms with E-state index in [0.717, 1.165) is 19.5 Å². The van der Waals surface area contributed by atoms with Crippen LogP contribution in [0.5, 0.6) is 0 Å². The lowest BCUT2D eigenvalue weighted by Crippen LogP contribution is -2.27. The maximum absolute atomic E-state index is 11.7. The van der Waals surface area contributed by atoms with E-state index in [0.29, 0.717) is 11.2 Å². The summed E-state index contributed by atoms with van der Waals surface area (Å²) in [6, 6.07) is 10.4. The van der Waals surface area contributed by atoms with Crippen molar-refractivity contribution in [1.82, 2.24) is 9.88 Å². The van der Waals surface area contributed by atoms with Crippen LogP contribution in [0.3, 0.4) is 0 Å². The predicted octanol–water partition coefficient (Wildman–Crippen LogP) is 2.71. The smallest absolute Gasteiger partial charge is 0.223 e. The zero-order chi connectivity index (χ0) is 12.5. The maximum atomic E-state index is 11.7. The molecule has 1 unspecified atom stereocenters. The van der Waals surface area contributed by atoms with Gasteiger partial charge in [-0.3, -0.25) is 4.79 Å². The van der Waals surface area contributed by atoms with E-state index < -0.39 is 0 Å². The average Bonchev–Trinajstić information content (AvgIpc) is 2.89. The van der Waals surface area contributed by atoms with E-state index in [1.54, 1.807) is 0 Å². The molecule has 1 aromatic carbocycles. The van der Waals surface area contributed by atoms with Crippen LogP contribution in [-0.4, -0.2) is 33.7 Å². The molecule has 94 valence electrons. The summed E-state index contributed by atoms with van der Waals surface area (Å²) in [5.41, 5.74) is 2.36. The highest BCUT2D eigenvalue weighted by Crippen LogP contribution is 2.19. The standard InChI is InChI=1S/C14H15BrN2O/c15-11-8-14(18)17(9-11)6-5-12-7-10-3-1-2-4-13(10)16-12/h1-4,7,11,16H,5-6,8-9H2. The van der Waals surface area contributed by atoms with Crippen molar-refractivity contribution >= 4 is 32.7 Å². The molecule has 0 bridgehead atoms. The number of aromatic amines is 1. The van der Waals surface area contributed by atoms with Crippen molar-refractivity contribution in [2.45, 2.75) is 17.7 Å². The van der Waals surface area contributed by atoms with Crippen LogP contribution in [0.15, 0.2) is 30.3 Å². The Labute approximate surface area is 114 Å². The van der Waals surface area contributed by atoms with E-state index in [-0.39, 0.29) is 5.91 Å². The number of carbonyl (C=O) groups is 1. The Balaban J connectivity index is 1.68. The molecular weight excluding hydrogens is 292 g/mol. The van der Waals surface area contributed by atoms with Crippen molar-refractivity contribution < 1.29 is 4.79 Å². The van der Waals surface area contributed by atoms with Gasteiger partial charge < -0.3 is 9.88 Å². The van der Waals surface area contributed by atoms with Gasteiger partial charge in [0.25, 0.3) is 0 Å². The second kappa shape index (κ2) is 4.76. The first-order chi connectivity index (χ1) is 8.72. The molecule has 3 rings (SSSR count). The number of para-hydroxylation sites is 1. The fraction of sp³-hybridized carbons (Fsp3) is 0.357. The van der Waals surface area contributed by atoms with Crippen LogP contribution < -0.4 is 0 Å². The lowest BCUT2D eigenvalue weighted by atomic mass is 10.2. The maximum Gasteiger partial charge on any atom is 0.223 e. The van der Waals surface area contributed by atoms with Crippen molar-refractivity contribution in [1.29, 1.82) is 0 Å². The van der Waals surface area contributed by atoms with E-state index in [1.165, 1.54) is 16.6 Å². The summed E-state index contributed by atoms with van der Waals surface area (Å²) in [4.78, 5) is 17.3. The number of alkyl halides is 1. The number of hydrogen-bond donors (Lipinski definition) is 1. The molecule has 1 fully saturated rings. The minimum atomic E-state index is 0.257. The summed E-state index contributed by atoms with van der Waals surface area (Å²) >= 11 is 3.50. The zero-order valence-electron chi connectivity index (χ0n) is 10.0. The number of rotatable bonds is 3. The molecule has 1 aliphatic heterocycles. The highest BCUT2D eigenvalue weighted by atomic mass is 79.9. The third-order valence-corrected chi connectivity index (χ3v) is 4.02. The fourth-order valence-corrected chi connectivity index (χ4v) is 3.09. The number of fused-ring (bicyclic) bond motifs is 1. The first kappa shape index (κ1) is 11.8. The quantitative estimate of drug-likeness (QED) is 0.870. The molecule has 2 heterocycles. The number of hydrogen-bond acceptors (Lipinski definition) is 1. The molecule has 1 aromatic heterocycles. The molecule has 1 N–H and O–H groups in total. The fourth-order valence-electron chi connectivity index (χ4n) is 2.46. The number of aromatic nitrogens is 1. The molecule has 2 aromatic rings. The monoisotopic (exact) mass is 306 g/mol. The SMILES string of the molecule is O=C1CC(Br)CN1CCc1cc2ccccc2[nH]1. The van der Waals surface area contributed by atoms with Crippen molar-refractivity contribution in [3.05, 3.63) is 36.0 Å². The largest absolute Gasteiger partial charge is 0.358 e. The summed E-state index contributed by atoms with van der Waals surface area (Å²) in [6.45, 7) is 1.63. The van der Waals surface area contributed by atoms with E-state index >= 15 is 0 Å². The van der Waals surface area contributed by atoms with Crippen molar-refractivity contribution in [3.8, 4) is 0 Å². The number of H-pyrrole nitrogens is 1. The highest BCUT2D eigenvalue weighted by Gasteiger charge is 2.27. The van der Waals surface area contributed by atoms with Gasteiger partial charge in [-0.1, -0.05) is 34.1 Å². The van der Waals surface area contributed by atoms with Gasteiger partial charge >= 0.3 is 0 Å². The topological polar surface area (TPSA) is 36.1 Å². The molecule has 0 saturated carbocycles. The summed E-state index contributed by atoms with van der Waals surface area (Å²) in [5, 5.41) is 1.23. The number of halogens is 1. The van der Waals surface area contributed by atoms with E-state index in [9.17, 15) is 4.79 Å². The van der Waals surface area contributed by atoms with Gasteiger partial charge in [0.2, 0.25) is 5.91 Å². The molecule has 0 spiro atoms. The van der Waals surface area contributed by atoms with Gasteiger partial charge in [0.05, 0.1) is 0 Å². The van der Waals surface area contributed by atoms with Gasteiger partial charge in [-0.15, -0.1) is 0 Å². The minimum absolute atomic E-state index is 0.257. The van der Waals surface area contributed by atoms with Gasteiger partial charge in [-0.05, 0) is 17.5 Å². The second-order valence-corrected chi connectivity index (χ2v) is 6.07. The number of nitrogens with zero attached hydrogens (tertiary/aromatic N) is 1. The molecule has 1 atom stereocenters. The molecule has 0 aliphatic carbocycles. The third kappa shape index (κ3) is 2.29. The van der Waals surface area contributed by atoms with E-state index in [1.807, 2.05) is 17.0 Å². The predicted molar refractivity (Wildman–Crippen MR) is 75.9 cm³/mol. The minimum Gasteiger partial charge on any atom is -0.358 e. The van der Waals surface area contributed by atoms with Gasteiger partial charge in [-0.2, -0.15) is 0 Å². The Morgan fingerprint density at radius 3 is 2.94 bits per heavy atom. The molecular formula is C14H15BrN2O. The number of amides is 1. The van der Waals surface area contributed by atoms with Crippen molar-refractivity contribution in [3.63, 3.8) is 0 Å². The lowest BCUT2D eigenvalue weighted by Gasteiger charge is -2.14. The van der Waals surface area contributed by atoms with E-state index in [4.69, 9.17) is 0 Å². The van der Waals surface area contributed by atoms with Crippen LogP contribution in [0.2, 0.25) is 0 Å². The van der Waals surface area contributed by atoms with Crippen LogP contribution in [0.4, 0.5) is 0 Å². The summed E-state index contributed by atoms with van der Waals surface area (Å²) < 4.78 is 0. The summed E-state index contributed by atoms with van der Waals surface area (Å²) in [6.07, 6.45) is 1.52. The third-order valence-electron chi connectivity index (χ3n) is 3.40. The lowest BCUT2D eigenvalue weighted by molar-refractivity contribution is -0.127. The highest BCUT2D eigenvalue weighted by molar-refractivity contribution is 9.09. The van der Waals surface area contributed by atoms with Crippen molar-refractivity contribution in [2.24, 2.45) is 0 Å². The zero-order valence-corrected chi connectivity index (χ0v) is 11.6. The Morgan fingerprint density at radius 2 is 2.22 bits per heavy atom. The molecule has 0 radical (unpaired) electrons. The molecule has 1 aliphatic rings. The van der Waals surface area contributed by atoms with Crippen LogP contribution in [0.25, 0.3) is 10.9 Å². The summed E-state index contributed by atoms with van der Waals surface area (Å²) in [7, 11) is 0. The molecule has 3 nitrogen and oxygen atoms in total. The Kier molecular flexibility index (Phi) is 3.12. The first-order valence-corrected chi connectivity index (χ1v) is 7.12. The number of likely N-dealkylation sites (tertiary alicyclic amines) is 1. The van der Waals surface area contributed by atoms with Gasteiger partial charge in [0.1, 0.15) is 0 Å². The van der Waals surface area contributed by atoms with Crippen LogP contribution in [0.1, 0.15) is 12.1 Å². The Bertz CT molecular complexity index is 545. The van der Waals surface area contributed by atoms with Crippen LogP contribution in [-0.2, 0) is 11.2 Å². The molecule has 1 amide bonds. The van der Waals surface area contributed by atoms with Crippen LogP contribution in [0, 0.1) is 0 Å². The molecule has 1 saturated heterocycles. The van der Waals surface area contributed by atoms with Gasteiger partial charge in [0, 0.05) is 42.0 Å². The van der Waals surface area contributed by atoms with E-state index in [2.05, 4.69) is 39.1 Å². The Morgan fingerprint density at radius 1 is 1.39 bits per heavy atom. The summed E-state index contributed by atoms with van der Waals surface area (Å²) in [5.74, 6) is 0.257.